The van der Waals surface area contributed by atoms with Gasteiger partial charge >= 0.3 is 5.97 Å². The fourth-order valence-electron chi connectivity index (χ4n) is 3.61. The van der Waals surface area contributed by atoms with Crippen molar-refractivity contribution < 1.29 is 14.3 Å². The first-order valence-electron chi connectivity index (χ1n) is 12.1. The lowest BCUT2D eigenvalue weighted by atomic mass is 10.0. The summed E-state index contributed by atoms with van der Waals surface area (Å²) in [6, 6.07) is 18.0. The van der Waals surface area contributed by atoms with Crippen LogP contribution in [0.15, 0.2) is 66.9 Å². The van der Waals surface area contributed by atoms with Gasteiger partial charge in [0.1, 0.15) is 11.7 Å². The van der Waals surface area contributed by atoms with Gasteiger partial charge in [0.15, 0.2) is 0 Å². The molecule has 3 rings (SSSR count). The van der Waals surface area contributed by atoms with Crippen LogP contribution >= 0.6 is 0 Å². The number of hydrogen-bond acceptors (Lipinski definition) is 6. The van der Waals surface area contributed by atoms with Crippen molar-refractivity contribution in [2.75, 3.05) is 29.9 Å². The molecular formula is C29H31N5O3. The molecule has 0 saturated carbocycles. The fourth-order valence-corrected chi connectivity index (χ4v) is 3.61. The maximum absolute atomic E-state index is 13.5. The first-order valence-corrected chi connectivity index (χ1v) is 12.1. The summed E-state index contributed by atoms with van der Waals surface area (Å²) >= 11 is 0. The zero-order valence-electron chi connectivity index (χ0n) is 21.1. The zero-order valence-corrected chi connectivity index (χ0v) is 21.1. The average Bonchev–Trinajstić information content (AvgIpc) is 2.92. The van der Waals surface area contributed by atoms with Gasteiger partial charge in [-0.1, -0.05) is 30.9 Å². The number of amidine groups is 1. The first kappa shape index (κ1) is 27.0. The number of esters is 1. The summed E-state index contributed by atoms with van der Waals surface area (Å²) in [6.45, 7) is 4.63. The van der Waals surface area contributed by atoms with Crippen LogP contribution in [0.5, 0.6) is 0 Å². The number of amides is 1. The number of ether oxygens (including phenoxy) is 1. The number of anilines is 2. The van der Waals surface area contributed by atoms with Crippen LogP contribution in [-0.4, -0.2) is 42.4 Å². The number of nitrogen functional groups attached to an aromatic ring is 1. The Bertz CT molecular complexity index is 1290. The lowest BCUT2D eigenvalue weighted by Gasteiger charge is -2.22. The molecule has 0 fully saturated rings. The third-order valence-corrected chi connectivity index (χ3v) is 5.55. The third kappa shape index (κ3) is 7.67. The van der Waals surface area contributed by atoms with Crippen LogP contribution in [0, 0.1) is 17.3 Å². The van der Waals surface area contributed by atoms with Crippen LogP contribution in [0.25, 0.3) is 0 Å². The molecule has 0 unspecified atom stereocenters. The minimum Gasteiger partial charge on any atom is -0.466 e. The van der Waals surface area contributed by atoms with E-state index in [1.165, 1.54) is 4.90 Å². The molecule has 0 aliphatic carbocycles. The lowest BCUT2D eigenvalue weighted by molar-refractivity contribution is -0.142. The summed E-state index contributed by atoms with van der Waals surface area (Å²) in [4.78, 5) is 31.3. The Morgan fingerprint density at radius 3 is 2.49 bits per heavy atom. The summed E-state index contributed by atoms with van der Waals surface area (Å²) in [7, 11) is 0. The van der Waals surface area contributed by atoms with Gasteiger partial charge in [-0.2, -0.15) is 0 Å². The first-order chi connectivity index (χ1) is 17.9. The molecule has 0 saturated heterocycles. The van der Waals surface area contributed by atoms with Crippen LogP contribution in [0.2, 0.25) is 0 Å². The number of nitrogens with two attached hydrogens (primary N) is 1. The van der Waals surface area contributed by atoms with Crippen molar-refractivity contribution in [1.29, 1.82) is 5.41 Å². The van der Waals surface area contributed by atoms with Gasteiger partial charge in [0, 0.05) is 35.1 Å². The average molecular weight is 498 g/mol. The number of aryl methyl sites for hydroxylation is 1. The van der Waals surface area contributed by atoms with Gasteiger partial charge in [0.05, 0.1) is 19.6 Å². The molecule has 0 aliphatic rings. The summed E-state index contributed by atoms with van der Waals surface area (Å²) in [6.07, 6.45) is 2.44. The molecule has 0 aliphatic heterocycles. The number of benzene rings is 2. The summed E-state index contributed by atoms with van der Waals surface area (Å²) in [5.41, 5.74) is 9.29. The van der Waals surface area contributed by atoms with Crippen LogP contribution in [0.3, 0.4) is 0 Å². The number of hydrogen-bond donors (Lipinski definition) is 3. The van der Waals surface area contributed by atoms with Crippen molar-refractivity contribution in [3.05, 3.63) is 89.1 Å². The van der Waals surface area contributed by atoms with E-state index < -0.39 is 0 Å². The molecule has 1 heterocycles. The highest BCUT2D eigenvalue weighted by Crippen LogP contribution is 2.18. The van der Waals surface area contributed by atoms with Crippen LogP contribution < -0.4 is 16.0 Å². The Morgan fingerprint density at radius 1 is 1.08 bits per heavy atom. The molecule has 0 bridgehead atoms. The SMILES string of the molecule is CCOC(=O)CCN(C(=O)c1ccc(CC)c(C#CCNc2ccc(C(=N)N)cc2)c1)c1ccccn1. The van der Waals surface area contributed by atoms with Gasteiger partial charge in [-0.25, -0.2) is 4.98 Å². The second-order valence-corrected chi connectivity index (χ2v) is 8.07. The van der Waals surface area contributed by atoms with Crippen molar-refractivity contribution >= 4 is 29.2 Å². The van der Waals surface area contributed by atoms with Crippen molar-refractivity contribution in [1.82, 2.24) is 4.98 Å². The Labute approximate surface area is 217 Å². The van der Waals surface area contributed by atoms with Crippen molar-refractivity contribution in [3.63, 3.8) is 0 Å². The maximum atomic E-state index is 13.5. The Kier molecular flexibility index (Phi) is 9.80. The topological polar surface area (TPSA) is 121 Å². The number of pyridine rings is 1. The second-order valence-electron chi connectivity index (χ2n) is 8.07. The minimum atomic E-state index is -0.368. The number of carbonyl (C=O) groups is 2. The van der Waals surface area contributed by atoms with E-state index in [9.17, 15) is 9.59 Å². The standard InChI is InChI=1S/C29H31N5O3/c1-3-21-10-11-24(20-23(21)8-7-18-32-25-14-12-22(13-15-25)28(30)31)29(36)34(19-16-27(35)37-4-2)26-9-5-6-17-33-26/h5-6,9-15,17,20,32H,3-4,16,18-19H2,1-2H3,(H3,30,31). The molecule has 4 N–H and O–H groups in total. The molecule has 0 radical (unpaired) electrons. The molecule has 1 aromatic heterocycles. The van der Waals surface area contributed by atoms with Crippen molar-refractivity contribution in [3.8, 4) is 11.8 Å². The molecule has 190 valence electrons. The zero-order chi connectivity index (χ0) is 26.6. The van der Waals surface area contributed by atoms with Crippen LogP contribution in [0.4, 0.5) is 11.5 Å². The van der Waals surface area contributed by atoms with E-state index in [1.807, 2.05) is 25.1 Å². The quantitative estimate of drug-likeness (QED) is 0.169. The van der Waals surface area contributed by atoms with Crippen molar-refractivity contribution in [2.45, 2.75) is 26.7 Å². The lowest BCUT2D eigenvalue weighted by Crippen LogP contribution is -2.34. The van der Waals surface area contributed by atoms with E-state index >= 15 is 0 Å². The van der Waals surface area contributed by atoms with Gasteiger partial charge < -0.3 is 15.8 Å². The van der Waals surface area contributed by atoms with E-state index in [-0.39, 0.29) is 37.3 Å². The smallest absolute Gasteiger partial charge is 0.307 e. The highest BCUT2D eigenvalue weighted by molar-refractivity contribution is 6.06. The number of aromatic nitrogens is 1. The van der Waals surface area contributed by atoms with Crippen LogP contribution in [-0.2, 0) is 16.0 Å². The second kappa shape index (κ2) is 13.4. The van der Waals surface area contributed by atoms with Crippen molar-refractivity contribution in [2.24, 2.45) is 5.73 Å². The fraction of sp³-hybridized carbons (Fsp3) is 0.241. The molecular weight excluding hydrogens is 466 g/mol. The normalized spacial score (nSPS) is 10.1. The largest absolute Gasteiger partial charge is 0.466 e. The predicted octanol–water partition coefficient (Wildman–Crippen LogP) is 3.99. The number of nitrogens with zero attached hydrogens (tertiary/aromatic N) is 2. The molecule has 2 aromatic carbocycles. The summed E-state index contributed by atoms with van der Waals surface area (Å²) in [5.74, 6) is 6.15. The van der Waals surface area contributed by atoms with Gasteiger partial charge in [0.25, 0.3) is 5.91 Å². The predicted molar refractivity (Wildman–Crippen MR) is 146 cm³/mol. The van der Waals surface area contributed by atoms with E-state index in [0.717, 1.165) is 23.2 Å². The van der Waals surface area contributed by atoms with E-state index in [4.69, 9.17) is 15.9 Å². The van der Waals surface area contributed by atoms with E-state index in [0.29, 0.717) is 23.5 Å². The number of nitrogens with one attached hydrogen (secondary N) is 2. The highest BCUT2D eigenvalue weighted by atomic mass is 16.5. The monoisotopic (exact) mass is 497 g/mol. The van der Waals surface area contributed by atoms with E-state index in [2.05, 4.69) is 22.1 Å². The maximum Gasteiger partial charge on any atom is 0.307 e. The third-order valence-electron chi connectivity index (χ3n) is 5.55. The number of carbonyl (C=O) groups excluding carboxylic acids is 2. The Hall–Kier alpha value is -4.64. The Balaban J connectivity index is 1.78. The van der Waals surface area contributed by atoms with Gasteiger partial charge in [0.2, 0.25) is 0 Å². The number of rotatable bonds is 10. The molecule has 8 heteroatoms. The van der Waals surface area contributed by atoms with Gasteiger partial charge in [-0.15, -0.1) is 0 Å². The van der Waals surface area contributed by atoms with Gasteiger partial charge in [-0.3, -0.25) is 19.9 Å². The molecule has 3 aromatic rings. The molecule has 0 atom stereocenters. The minimum absolute atomic E-state index is 0.0235. The van der Waals surface area contributed by atoms with Gasteiger partial charge in [-0.05, 0) is 67.4 Å². The molecule has 0 spiro atoms. The summed E-state index contributed by atoms with van der Waals surface area (Å²) in [5, 5.41) is 10.7. The van der Waals surface area contributed by atoms with Crippen LogP contribution in [0.1, 0.15) is 47.3 Å². The summed E-state index contributed by atoms with van der Waals surface area (Å²) < 4.78 is 5.03. The highest BCUT2D eigenvalue weighted by Gasteiger charge is 2.21. The Morgan fingerprint density at radius 2 is 1.84 bits per heavy atom. The molecule has 37 heavy (non-hydrogen) atoms. The molecule has 8 nitrogen and oxygen atoms in total. The van der Waals surface area contributed by atoms with E-state index in [1.54, 1.807) is 55.6 Å². The molecule has 1 amide bonds.